The SMILES string of the molecule is CCCCCCCCCCCCSc1c(F)c(F)c(SOOO)c(SCCCCCCCCCCCC)c1F. The topological polar surface area (TPSA) is 38.7 Å². The van der Waals surface area contributed by atoms with Crippen LogP contribution in [0.1, 0.15) is 142 Å². The van der Waals surface area contributed by atoms with E-state index in [1.165, 1.54) is 102 Å². The van der Waals surface area contributed by atoms with Crippen LogP contribution in [-0.4, -0.2) is 16.8 Å². The first-order valence-electron chi connectivity index (χ1n) is 15.2. The molecule has 9 heteroatoms. The van der Waals surface area contributed by atoms with Gasteiger partial charge in [-0.3, -0.25) is 0 Å². The summed E-state index contributed by atoms with van der Waals surface area (Å²) in [6.07, 6.45) is 23.8. The monoisotopic (exact) mass is 612 g/mol. The molecule has 0 saturated carbocycles. The zero-order chi connectivity index (χ0) is 28.6. The van der Waals surface area contributed by atoms with E-state index in [1.54, 1.807) is 0 Å². The molecule has 1 N–H and O–H groups in total. The Kier molecular flexibility index (Phi) is 24.3. The molecule has 39 heavy (non-hydrogen) atoms. The molecule has 0 bridgehead atoms. The molecule has 1 aromatic rings. The number of benzene rings is 1. The van der Waals surface area contributed by atoms with Crippen LogP contribution in [0.25, 0.3) is 0 Å². The summed E-state index contributed by atoms with van der Waals surface area (Å²) in [5, 5.41) is 12.0. The van der Waals surface area contributed by atoms with E-state index in [0.717, 1.165) is 50.3 Å². The van der Waals surface area contributed by atoms with E-state index < -0.39 is 17.5 Å². The Bertz CT molecular complexity index is 741. The highest BCUT2D eigenvalue weighted by Gasteiger charge is 2.27. The van der Waals surface area contributed by atoms with Gasteiger partial charge in [0.15, 0.2) is 17.5 Å². The van der Waals surface area contributed by atoms with Crippen LogP contribution in [-0.2, 0) is 9.37 Å². The molecule has 3 nitrogen and oxygen atoms in total. The summed E-state index contributed by atoms with van der Waals surface area (Å²) in [6.45, 7) is 4.44. The minimum absolute atomic E-state index is 0.0115. The molecular formula is C30H51F3O3S3. The third-order valence-corrected chi connectivity index (χ3v) is 9.95. The van der Waals surface area contributed by atoms with Crippen LogP contribution < -0.4 is 0 Å². The minimum Gasteiger partial charge on any atom is -0.220 e. The first-order chi connectivity index (χ1) is 19.1. The smallest absolute Gasteiger partial charge is 0.177 e. The Hall–Kier alpha value is -0.0600. The van der Waals surface area contributed by atoms with Gasteiger partial charge in [0, 0.05) is 0 Å². The molecule has 0 saturated heterocycles. The van der Waals surface area contributed by atoms with Gasteiger partial charge in [0.25, 0.3) is 0 Å². The molecule has 1 rings (SSSR count). The molecule has 0 heterocycles. The molecule has 0 aromatic heterocycles. The Morgan fingerprint density at radius 1 is 0.487 bits per heavy atom. The predicted molar refractivity (Wildman–Crippen MR) is 162 cm³/mol. The van der Waals surface area contributed by atoms with Gasteiger partial charge in [-0.05, 0) is 24.3 Å². The highest BCUT2D eigenvalue weighted by molar-refractivity contribution is 8.01. The first-order valence-corrected chi connectivity index (χ1v) is 17.9. The van der Waals surface area contributed by atoms with Crippen molar-refractivity contribution >= 4 is 35.6 Å². The fourth-order valence-corrected chi connectivity index (χ4v) is 7.27. The van der Waals surface area contributed by atoms with Crippen LogP contribution in [0.5, 0.6) is 0 Å². The molecule has 0 amide bonds. The number of hydrogen-bond donors (Lipinski definition) is 1. The van der Waals surface area contributed by atoms with Gasteiger partial charge in [-0.25, -0.2) is 18.4 Å². The second-order valence-corrected chi connectivity index (χ2v) is 13.1. The average molecular weight is 613 g/mol. The Morgan fingerprint density at radius 2 is 0.846 bits per heavy atom. The summed E-state index contributed by atoms with van der Waals surface area (Å²) in [6, 6.07) is 0. The van der Waals surface area contributed by atoms with Crippen molar-refractivity contribution in [2.45, 2.75) is 157 Å². The lowest BCUT2D eigenvalue weighted by molar-refractivity contribution is -0.432. The number of hydrogen-bond acceptors (Lipinski definition) is 6. The molecule has 0 spiro atoms. The lowest BCUT2D eigenvalue weighted by Crippen LogP contribution is -2.02. The Balaban J connectivity index is 2.49. The highest BCUT2D eigenvalue weighted by Crippen LogP contribution is 2.42. The Labute approximate surface area is 248 Å². The fraction of sp³-hybridized carbons (Fsp3) is 0.800. The standard InChI is InChI=1S/C30H51F3O3S3/c1-3-5-7-9-11-13-15-17-19-21-23-37-28-25(31)26(32)30(39-36-35-34)29(27(28)33)38-24-22-20-18-16-14-12-10-8-6-4-2/h34H,3-24H2,1-2H3. The van der Waals surface area contributed by atoms with Crippen LogP contribution in [0.4, 0.5) is 13.2 Å². The van der Waals surface area contributed by atoms with Gasteiger partial charge in [0.2, 0.25) is 0 Å². The number of halogens is 3. The largest absolute Gasteiger partial charge is 0.220 e. The lowest BCUT2D eigenvalue weighted by atomic mass is 10.1. The van der Waals surface area contributed by atoms with Crippen molar-refractivity contribution in [1.82, 2.24) is 0 Å². The Morgan fingerprint density at radius 3 is 1.26 bits per heavy atom. The summed E-state index contributed by atoms with van der Waals surface area (Å²) in [7, 11) is 0. The molecule has 0 radical (unpaired) electrons. The van der Waals surface area contributed by atoms with Gasteiger partial charge in [0.1, 0.15) is 0 Å². The second kappa shape index (κ2) is 25.6. The molecule has 0 aliphatic carbocycles. The number of unbranched alkanes of at least 4 members (excludes halogenated alkanes) is 18. The lowest BCUT2D eigenvalue weighted by Gasteiger charge is -2.14. The number of rotatable bonds is 27. The van der Waals surface area contributed by atoms with Crippen molar-refractivity contribution in [3.63, 3.8) is 0 Å². The molecule has 0 aliphatic heterocycles. The van der Waals surface area contributed by atoms with Crippen molar-refractivity contribution in [1.29, 1.82) is 0 Å². The van der Waals surface area contributed by atoms with Crippen molar-refractivity contribution in [2.24, 2.45) is 0 Å². The van der Waals surface area contributed by atoms with Gasteiger partial charge in [0.05, 0.1) is 26.7 Å². The van der Waals surface area contributed by atoms with E-state index in [2.05, 4.69) is 23.2 Å². The van der Waals surface area contributed by atoms with Gasteiger partial charge in [-0.1, -0.05) is 134 Å². The third kappa shape index (κ3) is 16.8. The zero-order valence-electron chi connectivity index (χ0n) is 24.2. The molecule has 228 valence electrons. The normalized spacial score (nSPS) is 11.5. The average Bonchev–Trinajstić information content (AvgIpc) is 2.94. The van der Waals surface area contributed by atoms with Crippen molar-refractivity contribution < 1.29 is 27.8 Å². The predicted octanol–water partition coefficient (Wildman–Crippen LogP) is 12.6. The molecule has 0 aliphatic rings. The summed E-state index contributed by atoms with van der Waals surface area (Å²) in [5.74, 6) is -2.01. The van der Waals surface area contributed by atoms with Gasteiger partial charge in [-0.2, -0.15) is 0 Å². The van der Waals surface area contributed by atoms with Crippen LogP contribution in [0.3, 0.4) is 0 Å². The molecule has 0 unspecified atom stereocenters. The summed E-state index contributed by atoms with van der Waals surface area (Å²) >= 11 is 2.48. The van der Waals surface area contributed by atoms with Crippen LogP contribution in [0.15, 0.2) is 14.7 Å². The van der Waals surface area contributed by atoms with Gasteiger partial charge >= 0.3 is 0 Å². The second-order valence-electron chi connectivity index (χ2n) is 10.2. The maximum Gasteiger partial charge on any atom is 0.177 e. The van der Waals surface area contributed by atoms with Crippen LogP contribution in [0.2, 0.25) is 0 Å². The third-order valence-electron chi connectivity index (χ3n) is 6.83. The maximum absolute atomic E-state index is 15.4. The first kappa shape index (κ1) is 37.0. The van der Waals surface area contributed by atoms with Crippen LogP contribution in [0, 0.1) is 17.5 Å². The van der Waals surface area contributed by atoms with Gasteiger partial charge < -0.3 is 0 Å². The van der Waals surface area contributed by atoms with E-state index in [0.29, 0.717) is 11.5 Å². The summed E-state index contributed by atoms with van der Waals surface area (Å²) in [5.41, 5.74) is 0. The zero-order valence-corrected chi connectivity index (χ0v) is 26.6. The van der Waals surface area contributed by atoms with Crippen molar-refractivity contribution in [3.05, 3.63) is 17.5 Å². The fourth-order valence-electron chi connectivity index (χ4n) is 4.50. The number of thioether (sulfide) groups is 2. The summed E-state index contributed by atoms with van der Waals surface area (Å²) in [4.78, 5) is -0.597. The van der Waals surface area contributed by atoms with E-state index in [1.807, 2.05) is 0 Å². The van der Waals surface area contributed by atoms with E-state index in [4.69, 9.17) is 5.26 Å². The van der Waals surface area contributed by atoms with E-state index in [9.17, 15) is 8.78 Å². The highest BCUT2D eigenvalue weighted by atomic mass is 32.2. The molecular weight excluding hydrogens is 562 g/mol. The maximum atomic E-state index is 15.4. The van der Waals surface area contributed by atoms with Crippen molar-refractivity contribution in [3.8, 4) is 0 Å². The van der Waals surface area contributed by atoms with E-state index in [-0.39, 0.29) is 26.7 Å². The van der Waals surface area contributed by atoms with Crippen LogP contribution >= 0.6 is 35.6 Å². The van der Waals surface area contributed by atoms with E-state index >= 15 is 4.39 Å². The van der Waals surface area contributed by atoms with Crippen molar-refractivity contribution in [2.75, 3.05) is 11.5 Å². The summed E-state index contributed by atoms with van der Waals surface area (Å²) < 4.78 is 49.4. The molecule has 1 aromatic carbocycles. The van der Waals surface area contributed by atoms with Gasteiger partial charge in [-0.15, -0.1) is 27.9 Å². The quantitative estimate of drug-likeness (QED) is 0.0266. The molecule has 0 atom stereocenters. The minimum atomic E-state index is -1.21. The molecule has 0 fully saturated rings.